The highest BCUT2D eigenvalue weighted by molar-refractivity contribution is 4.97. The van der Waals surface area contributed by atoms with Crippen LogP contribution in [-0.2, 0) is 0 Å². The summed E-state index contributed by atoms with van der Waals surface area (Å²) in [5.41, 5.74) is 1.32. The Morgan fingerprint density at radius 1 is 1.58 bits per heavy atom. The third-order valence-electron chi connectivity index (χ3n) is 1.88. The van der Waals surface area contributed by atoms with Crippen molar-refractivity contribution in [3.8, 4) is 12.3 Å². The van der Waals surface area contributed by atoms with Crippen LogP contribution in [0.4, 0.5) is 0 Å². The van der Waals surface area contributed by atoms with Crippen LogP contribution in [0.3, 0.4) is 0 Å². The molecule has 2 atom stereocenters. The Bertz CT molecular complexity index is 182. The predicted molar refractivity (Wildman–Crippen MR) is 52.7 cm³/mol. The van der Waals surface area contributed by atoms with Crippen molar-refractivity contribution < 1.29 is 5.11 Å². The van der Waals surface area contributed by atoms with E-state index in [0.717, 1.165) is 12.8 Å². The second-order valence-corrected chi connectivity index (χ2v) is 3.45. The molecule has 0 fully saturated rings. The quantitative estimate of drug-likeness (QED) is 0.502. The van der Waals surface area contributed by atoms with Gasteiger partial charge in [-0.25, -0.2) is 0 Å². The molecule has 1 nitrogen and oxygen atoms in total. The molecule has 0 rings (SSSR count). The van der Waals surface area contributed by atoms with Crippen LogP contribution in [0.1, 0.15) is 33.6 Å². The standard InChI is InChI=1S/C11H18O/c1-5-11(12)10(4)8-6-7-9(2)3/h1,7,10-12H,6,8H2,2-4H3/t10?,11-/m1/s1. The van der Waals surface area contributed by atoms with Gasteiger partial charge in [0, 0.05) is 0 Å². The average molecular weight is 166 g/mol. The Morgan fingerprint density at radius 3 is 2.58 bits per heavy atom. The smallest absolute Gasteiger partial charge is 0.117 e. The van der Waals surface area contributed by atoms with Gasteiger partial charge in [-0.15, -0.1) is 6.42 Å². The lowest BCUT2D eigenvalue weighted by Crippen LogP contribution is -2.14. The van der Waals surface area contributed by atoms with Crippen LogP contribution in [0.15, 0.2) is 11.6 Å². The van der Waals surface area contributed by atoms with E-state index in [4.69, 9.17) is 6.42 Å². The van der Waals surface area contributed by atoms with Gasteiger partial charge < -0.3 is 5.11 Å². The number of terminal acetylenes is 1. The first-order chi connectivity index (χ1) is 5.57. The highest BCUT2D eigenvalue weighted by Gasteiger charge is 2.09. The maximum atomic E-state index is 9.23. The number of aliphatic hydroxyl groups is 1. The molecule has 1 heteroatoms. The zero-order chi connectivity index (χ0) is 9.56. The van der Waals surface area contributed by atoms with E-state index in [-0.39, 0.29) is 5.92 Å². The van der Waals surface area contributed by atoms with Crippen molar-refractivity contribution in [3.05, 3.63) is 11.6 Å². The molecule has 0 aromatic rings. The van der Waals surface area contributed by atoms with Crippen molar-refractivity contribution in [3.63, 3.8) is 0 Å². The van der Waals surface area contributed by atoms with E-state index in [1.807, 2.05) is 6.92 Å². The number of hydrogen-bond acceptors (Lipinski definition) is 1. The van der Waals surface area contributed by atoms with Gasteiger partial charge in [-0.1, -0.05) is 24.5 Å². The van der Waals surface area contributed by atoms with E-state index in [1.54, 1.807) is 0 Å². The van der Waals surface area contributed by atoms with Crippen LogP contribution in [0.5, 0.6) is 0 Å². The fourth-order valence-electron chi connectivity index (χ4n) is 0.957. The largest absolute Gasteiger partial charge is 0.380 e. The van der Waals surface area contributed by atoms with E-state index in [0.29, 0.717) is 0 Å². The van der Waals surface area contributed by atoms with Gasteiger partial charge in [0.2, 0.25) is 0 Å². The summed E-state index contributed by atoms with van der Waals surface area (Å²) in [6.45, 7) is 6.12. The Kier molecular flexibility index (Phi) is 5.49. The summed E-state index contributed by atoms with van der Waals surface area (Å²) >= 11 is 0. The Hall–Kier alpha value is -0.740. The second kappa shape index (κ2) is 5.85. The second-order valence-electron chi connectivity index (χ2n) is 3.45. The number of rotatable bonds is 4. The minimum atomic E-state index is -0.587. The van der Waals surface area contributed by atoms with Gasteiger partial charge in [0.25, 0.3) is 0 Å². The molecule has 0 aromatic heterocycles. The van der Waals surface area contributed by atoms with Crippen molar-refractivity contribution in [2.45, 2.75) is 39.7 Å². The first-order valence-corrected chi connectivity index (χ1v) is 4.35. The Morgan fingerprint density at radius 2 is 2.17 bits per heavy atom. The molecular formula is C11H18O. The summed E-state index contributed by atoms with van der Waals surface area (Å²) < 4.78 is 0. The van der Waals surface area contributed by atoms with Crippen LogP contribution in [0, 0.1) is 18.3 Å². The summed E-state index contributed by atoms with van der Waals surface area (Å²) in [7, 11) is 0. The molecule has 1 N–H and O–H groups in total. The molecular weight excluding hydrogens is 148 g/mol. The lowest BCUT2D eigenvalue weighted by Gasteiger charge is -2.11. The lowest BCUT2D eigenvalue weighted by molar-refractivity contribution is 0.166. The molecule has 0 radical (unpaired) electrons. The molecule has 0 saturated heterocycles. The number of aliphatic hydroxyl groups excluding tert-OH is 1. The van der Waals surface area contributed by atoms with Crippen LogP contribution < -0.4 is 0 Å². The van der Waals surface area contributed by atoms with Crippen LogP contribution in [0.25, 0.3) is 0 Å². The third kappa shape index (κ3) is 4.98. The van der Waals surface area contributed by atoms with E-state index in [1.165, 1.54) is 5.57 Å². The molecule has 0 spiro atoms. The molecule has 0 aliphatic heterocycles. The summed E-state index contributed by atoms with van der Waals surface area (Å²) in [5.74, 6) is 2.54. The molecule has 0 amide bonds. The van der Waals surface area contributed by atoms with Gasteiger partial charge in [-0.05, 0) is 32.6 Å². The zero-order valence-corrected chi connectivity index (χ0v) is 8.17. The summed E-state index contributed by atoms with van der Waals surface area (Å²) in [5, 5.41) is 9.23. The van der Waals surface area contributed by atoms with Crippen molar-refractivity contribution >= 4 is 0 Å². The zero-order valence-electron chi connectivity index (χ0n) is 8.17. The molecule has 0 heterocycles. The fourth-order valence-corrected chi connectivity index (χ4v) is 0.957. The fraction of sp³-hybridized carbons (Fsp3) is 0.636. The predicted octanol–water partition coefficient (Wildman–Crippen LogP) is 2.36. The first kappa shape index (κ1) is 11.3. The van der Waals surface area contributed by atoms with Crippen LogP contribution >= 0.6 is 0 Å². The molecule has 1 unspecified atom stereocenters. The molecule has 0 aliphatic carbocycles. The molecule has 0 bridgehead atoms. The molecule has 0 aromatic carbocycles. The minimum absolute atomic E-state index is 0.200. The van der Waals surface area contributed by atoms with Gasteiger partial charge in [-0.2, -0.15) is 0 Å². The molecule has 68 valence electrons. The van der Waals surface area contributed by atoms with Gasteiger partial charge in [0.1, 0.15) is 6.10 Å². The average Bonchev–Trinajstić information content (AvgIpc) is 2.02. The van der Waals surface area contributed by atoms with Crippen LogP contribution in [-0.4, -0.2) is 11.2 Å². The van der Waals surface area contributed by atoms with Crippen molar-refractivity contribution in [2.24, 2.45) is 5.92 Å². The van der Waals surface area contributed by atoms with Crippen LogP contribution in [0.2, 0.25) is 0 Å². The van der Waals surface area contributed by atoms with E-state index >= 15 is 0 Å². The van der Waals surface area contributed by atoms with Gasteiger partial charge in [0.15, 0.2) is 0 Å². The van der Waals surface area contributed by atoms with Crippen molar-refractivity contribution in [1.82, 2.24) is 0 Å². The molecule has 12 heavy (non-hydrogen) atoms. The summed E-state index contributed by atoms with van der Waals surface area (Å²) in [6, 6.07) is 0. The maximum absolute atomic E-state index is 9.23. The molecule has 0 saturated carbocycles. The monoisotopic (exact) mass is 166 g/mol. The van der Waals surface area contributed by atoms with Crippen molar-refractivity contribution in [1.29, 1.82) is 0 Å². The highest BCUT2D eigenvalue weighted by Crippen LogP contribution is 2.11. The van der Waals surface area contributed by atoms with E-state index < -0.39 is 6.10 Å². The summed E-state index contributed by atoms with van der Waals surface area (Å²) in [4.78, 5) is 0. The Balaban J connectivity index is 3.66. The SMILES string of the molecule is C#C[C@@H](O)C(C)CCC=C(C)C. The number of hydrogen-bond donors (Lipinski definition) is 1. The number of allylic oxidation sites excluding steroid dienone is 2. The Labute approximate surface area is 75.5 Å². The van der Waals surface area contributed by atoms with Gasteiger partial charge in [-0.3, -0.25) is 0 Å². The third-order valence-corrected chi connectivity index (χ3v) is 1.88. The van der Waals surface area contributed by atoms with Gasteiger partial charge >= 0.3 is 0 Å². The summed E-state index contributed by atoms with van der Waals surface area (Å²) in [6.07, 6.45) is 8.63. The minimum Gasteiger partial charge on any atom is -0.380 e. The maximum Gasteiger partial charge on any atom is 0.117 e. The lowest BCUT2D eigenvalue weighted by atomic mass is 9.99. The molecule has 0 aliphatic rings. The normalized spacial score (nSPS) is 14.6. The van der Waals surface area contributed by atoms with E-state index in [2.05, 4.69) is 25.8 Å². The topological polar surface area (TPSA) is 20.2 Å². The van der Waals surface area contributed by atoms with E-state index in [9.17, 15) is 5.11 Å². The van der Waals surface area contributed by atoms with Gasteiger partial charge in [0.05, 0.1) is 0 Å². The highest BCUT2D eigenvalue weighted by atomic mass is 16.3. The first-order valence-electron chi connectivity index (χ1n) is 4.35. The van der Waals surface area contributed by atoms with Crippen molar-refractivity contribution in [2.75, 3.05) is 0 Å².